The molecule has 2 aromatic carbocycles. The molecular formula is C24H28N4O4S. The lowest BCUT2D eigenvalue weighted by molar-refractivity contribution is -0.120. The summed E-state index contributed by atoms with van der Waals surface area (Å²) in [6, 6.07) is 14.3. The molecule has 1 amide bonds. The standard InChI is InChI=1S/C24H28N4O4S/c1-3-17-6-5-7-20(16-17)25-24(29)19-12-14-28(15-13-19)33(30,31)21-10-8-18(9-11-21)23-26-22(4-2)32-27-23/h5-11,16,19H,3-4,12-15H2,1-2H3,(H,25,29). The Morgan fingerprint density at radius 2 is 1.82 bits per heavy atom. The molecule has 1 saturated heterocycles. The largest absolute Gasteiger partial charge is 0.339 e. The van der Waals surface area contributed by atoms with E-state index in [9.17, 15) is 13.2 Å². The Hall–Kier alpha value is -3.04. The zero-order valence-electron chi connectivity index (χ0n) is 18.8. The molecule has 1 aliphatic heterocycles. The fourth-order valence-corrected chi connectivity index (χ4v) is 5.38. The maximum absolute atomic E-state index is 13.1. The zero-order chi connectivity index (χ0) is 23.4. The molecule has 2 heterocycles. The lowest BCUT2D eigenvalue weighted by Gasteiger charge is -2.30. The Kier molecular flexibility index (Phi) is 6.90. The molecular weight excluding hydrogens is 440 g/mol. The number of aromatic nitrogens is 2. The van der Waals surface area contributed by atoms with Crippen LogP contribution in [0.3, 0.4) is 0 Å². The summed E-state index contributed by atoms with van der Waals surface area (Å²) in [5.74, 6) is 0.699. The lowest BCUT2D eigenvalue weighted by atomic mass is 9.97. The topological polar surface area (TPSA) is 105 Å². The number of nitrogens with zero attached hydrogens (tertiary/aromatic N) is 3. The Balaban J connectivity index is 1.37. The molecule has 0 saturated carbocycles. The van der Waals surface area contributed by atoms with Crippen LogP contribution < -0.4 is 5.32 Å². The molecule has 0 atom stereocenters. The Bertz CT molecular complexity index is 1210. The minimum atomic E-state index is -3.64. The maximum Gasteiger partial charge on any atom is 0.243 e. The summed E-state index contributed by atoms with van der Waals surface area (Å²) < 4.78 is 32.8. The van der Waals surface area contributed by atoms with Crippen molar-refractivity contribution in [3.63, 3.8) is 0 Å². The van der Waals surface area contributed by atoms with E-state index in [1.165, 1.54) is 4.31 Å². The number of sulfonamides is 1. The van der Waals surface area contributed by atoms with E-state index in [4.69, 9.17) is 4.52 Å². The van der Waals surface area contributed by atoms with Gasteiger partial charge < -0.3 is 9.84 Å². The highest BCUT2D eigenvalue weighted by Gasteiger charge is 2.32. The van der Waals surface area contributed by atoms with Crippen LogP contribution in [0.25, 0.3) is 11.4 Å². The van der Waals surface area contributed by atoms with Crippen molar-refractivity contribution in [3.05, 3.63) is 60.0 Å². The van der Waals surface area contributed by atoms with E-state index < -0.39 is 10.0 Å². The number of rotatable bonds is 7. The quantitative estimate of drug-likeness (QED) is 0.564. The number of hydrogen-bond donors (Lipinski definition) is 1. The average Bonchev–Trinajstić information content (AvgIpc) is 3.34. The fourth-order valence-electron chi connectivity index (χ4n) is 3.91. The number of hydrogen-bond acceptors (Lipinski definition) is 6. The molecule has 0 bridgehead atoms. The summed E-state index contributed by atoms with van der Waals surface area (Å²) in [4.78, 5) is 17.2. The van der Waals surface area contributed by atoms with Gasteiger partial charge in [-0.2, -0.15) is 9.29 Å². The molecule has 0 aliphatic carbocycles. The lowest BCUT2D eigenvalue weighted by Crippen LogP contribution is -2.41. The van der Waals surface area contributed by atoms with Gasteiger partial charge in [0, 0.05) is 36.7 Å². The molecule has 9 heteroatoms. The highest BCUT2D eigenvalue weighted by atomic mass is 32.2. The summed E-state index contributed by atoms with van der Waals surface area (Å²) >= 11 is 0. The van der Waals surface area contributed by atoms with E-state index >= 15 is 0 Å². The van der Waals surface area contributed by atoms with Gasteiger partial charge in [0.25, 0.3) is 0 Å². The van der Waals surface area contributed by atoms with Gasteiger partial charge in [0.2, 0.25) is 27.6 Å². The first-order valence-corrected chi connectivity index (χ1v) is 12.7. The summed E-state index contributed by atoms with van der Waals surface area (Å²) in [6.07, 6.45) is 2.51. The molecule has 4 rings (SSSR count). The zero-order valence-corrected chi connectivity index (χ0v) is 19.6. The van der Waals surface area contributed by atoms with Gasteiger partial charge in [-0.1, -0.05) is 31.1 Å². The van der Waals surface area contributed by atoms with Crippen LogP contribution in [-0.2, 0) is 27.7 Å². The third-order valence-electron chi connectivity index (χ3n) is 5.95. The number of carbonyl (C=O) groups is 1. The van der Waals surface area contributed by atoms with Crippen molar-refractivity contribution in [2.75, 3.05) is 18.4 Å². The minimum Gasteiger partial charge on any atom is -0.339 e. The monoisotopic (exact) mass is 468 g/mol. The molecule has 174 valence electrons. The van der Waals surface area contributed by atoms with Gasteiger partial charge in [0.1, 0.15) is 0 Å². The van der Waals surface area contributed by atoms with E-state index in [-0.39, 0.29) is 16.7 Å². The molecule has 1 N–H and O–H groups in total. The van der Waals surface area contributed by atoms with Crippen LogP contribution in [0.15, 0.2) is 57.9 Å². The number of carbonyl (C=O) groups excluding carboxylic acids is 1. The van der Waals surface area contributed by atoms with Crippen LogP contribution in [0.1, 0.15) is 38.1 Å². The molecule has 0 spiro atoms. The van der Waals surface area contributed by atoms with Crippen LogP contribution in [0.2, 0.25) is 0 Å². The van der Waals surface area contributed by atoms with Crippen LogP contribution in [0.5, 0.6) is 0 Å². The molecule has 0 unspecified atom stereocenters. The van der Waals surface area contributed by atoms with Crippen molar-refractivity contribution in [1.29, 1.82) is 0 Å². The maximum atomic E-state index is 13.1. The van der Waals surface area contributed by atoms with Gasteiger partial charge in [-0.15, -0.1) is 0 Å². The van der Waals surface area contributed by atoms with E-state index in [0.717, 1.165) is 17.7 Å². The van der Waals surface area contributed by atoms with Crippen molar-refractivity contribution < 1.29 is 17.7 Å². The molecule has 1 fully saturated rings. The number of amides is 1. The van der Waals surface area contributed by atoms with Crippen molar-refractivity contribution in [1.82, 2.24) is 14.4 Å². The van der Waals surface area contributed by atoms with Crippen molar-refractivity contribution >= 4 is 21.6 Å². The third-order valence-corrected chi connectivity index (χ3v) is 7.86. The number of benzene rings is 2. The summed E-state index contributed by atoms with van der Waals surface area (Å²) in [7, 11) is -3.64. The van der Waals surface area contributed by atoms with E-state index in [0.29, 0.717) is 49.6 Å². The predicted octanol–water partition coefficient (Wildman–Crippen LogP) is 3.90. The normalized spacial score (nSPS) is 15.5. The van der Waals surface area contributed by atoms with Crippen molar-refractivity contribution in [2.24, 2.45) is 5.92 Å². The van der Waals surface area contributed by atoms with Gasteiger partial charge in [-0.25, -0.2) is 8.42 Å². The summed E-state index contributed by atoms with van der Waals surface area (Å²) in [5.41, 5.74) is 2.63. The SMILES string of the molecule is CCc1cccc(NC(=O)C2CCN(S(=O)(=O)c3ccc(-c4noc(CC)n4)cc3)CC2)c1. The van der Waals surface area contributed by atoms with Crippen LogP contribution in [-0.4, -0.2) is 41.9 Å². The van der Waals surface area contributed by atoms with Gasteiger partial charge in [0.15, 0.2) is 0 Å². The highest BCUT2D eigenvalue weighted by Crippen LogP contribution is 2.26. The number of aryl methyl sites for hydroxylation is 2. The van der Waals surface area contributed by atoms with Gasteiger partial charge in [-0.05, 0) is 61.2 Å². The first kappa shape index (κ1) is 23.1. The first-order valence-electron chi connectivity index (χ1n) is 11.2. The van der Waals surface area contributed by atoms with Crippen LogP contribution >= 0.6 is 0 Å². The van der Waals surface area contributed by atoms with Crippen LogP contribution in [0, 0.1) is 5.92 Å². The van der Waals surface area contributed by atoms with E-state index in [1.807, 2.05) is 31.2 Å². The summed E-state index contributed by atoms with van der Waals surface area (Å²) in [5, 5.41) is 6.89. The van der Waals surface area contributed by atoms with Gasteiger partial charge >= 0.3 is 0 Å². The molecule has 33 heavy (non-hydrogen) atoms. The highest BCUT2D eigenvalue weighted by molar-refractivity contribution is 7.89. The fraction of sp³-hybridized carbons (Fsp3) is 0.375. The number of anilines is 1. The molecule has 1 aliphatic rings. The van der Waals surface area contributed by atoms with Gasteiger partial charge in [0.05, 0.1) is 4.90 Å². The molecule has 1 aromatic heterocycles. The second-order valence-corrected chi connectivity index (χ2v) is 10.0. The number of piperidine rings is 1. The van der Waals surface area contributed by atoms with Gasteiger partial charge in [-0.3, -0.25) is 4.79 Å². The second-order valence-electron chi connectivity index (χ2n) is 8.11. The summed E-state index contributed by atoms with van der Waals surface area (Å²) in [6.45, 7) is 4.60. The average molecular weight is 469 g/mol. The van der Waals surface area contributed by atoms with Crippen LogP contribution in [0.4, 0.5) is 5.69 Å². The number of nitrogens with one attached hydrogen (secondary N) is 1. The van der Waals surface area contributed by atoms with E-state index in [2.05, 4.69) is 22.4 Å². The van der Waals surface area contributed by atoms with Crippen molar-refractivity contribution in [2.45, 2.75) is 44.4 Å². The smallest absolute Gasteiger partial charge is 0.243 e. The molecule has 8 nitrogen and oxygen atoms in total. The minimum absolute atomic E-state index is 0.0591. The second kappa shape index (κ2) is 9.84. The molecule has 0 radical (unpaired) electrons. The molecule has 3 aromatic rings. The third kappa shape index (κ3) is 5.15. The Morgan fingerprint density at radius 1 is 1.09 bits per heavy atom. The first-order chi connectivity index (χ1) is 15.9. The van der Waals surface area contributed by atoms with Crippen molar-refractivity contribution in [3.8, 4) is 11.4 Å². The predicted molar refractivity (Wildman–Crippen MR) is 125 cm³/mol. The van der Waals surface area contributed by atoms with E-state index in [1.54, 1.807) is 24.3 Å². The Labute approximate surface area is 194 Å². The Morgan fingerprint density at radius 3 is 2.45 bits per heavy atom.